The Kier molecular flexibility index (Phi) is 4.41. The van der Waals surface area contributed by atoms with Crippen LogP contribution in [0.3, 0.4) is 0 Å². The first kappa shape index (κ1) is 18.6. The fraction of sp³-hybridized carbons (Fsp3) is 0.318. The minimum atomic E-state index is -0.612. The van der Waals surface area contributed by atoms with Gasteiger partial charge in [0.25, 0.3) is 0 Å². The molecule has 5 rings (SSSR count). The molecule has 0 N–H and O–H groups in total. The van der Waals surface area contributed by atoms with E-state index < -0.39 is 5.97 Å². The molecule has 148 valence electrons. The van der Waals surface area contributed by atoms with Crippen LogP contribution < -0.4 is 9.64 Å². The number of nitrogens with zero attached hydrogens (tertiary/aromatic N) is 1. The van der Waals surface area contributed by atoms with Gasteiger partial charge in [-0.25, -0.2) is 4.79 Å². The van der Waals surface area contributed by atoms with Gasteiger partial charge in [-0.3, -0.25) is 14.5 Å². The molecular formula is C22H17Cl2NO4. The van der Waals surface area contributed by atoms with Gasteiger partial charge in [0, 0.05) is 5.02 Å². The maximum Gasteiger partial charge on any atom is 0.345 e. The summed E-state index contributed by atoms with van der Waals surface area (Å²) in [7, 11) is 0. The third-order valence-electron chi connectivity index (χ3n) is 6.38. The van der Waals surface area contributed by atoms with E-state index in [0.717, 1.165) is 19.3 Å². The average Bonchev–Trinajstić information content (AvgIpc) is 3.36. The molecule has 2 aromatic rings. The lowest BCUT2D eigenvalue weighted by Gasteiger charge is -2.19. The molecule has 3 fully saturated rings. The van der Waals surface area contributed by atoms with Gasteiger partial charge in [-0.05, 0) is 73.6 Å². The lowest BCUT2D eigenvalue weighted by atomic mass is 9.81. The Labute approximate surface area is 177 Å². The highest BCUT2D eigenvalue weighted by Crippen LogP contribution is 2.56. The molecule has 3 aliphatic rings. The maximum atomic E-state index is 12.9. The second kappa shape index (κ2) is 6.85. The molecule has 1 heterocycles. The monoisotopic (exact) mass is 429 g/mol. The summed E-state index contributed by atoms with van der Waals surface area (Å²) in [6.07, 6.45) is 3.09. The van der Waals surface area contributed by atoms with E-state index in [1.54, 1.807) is 30.3 Å². The maximum absolute atomic E-state index is 12.9. The van der Waals surface area contributed by atoms with Crippen molar-refractivity contribution in [2.24, 2.45) is 23.7 Å². The van der Waals surface area contributed by atoms with E-state index in [9.17, 15) is 14.4 Å². The van der Waals surface area contributed by atoms with Crippen LogP contribution in [0.25, 0.3) is 0 Å². The van der Waals surface area contributed by atoms with Crippen LogP contribution in [0.1, 0.15) is 29.6 Å². The molecule has 2 bridgehead atoms. The Morgan fingerprint density at radius 3 is 2.14 bits per heavy atom. The minimum absolute atomic E-state index is 0.0927. The standard InChI is InChI=1S/C22H17Cl2NO4/c23-13-3-8-16(17(24)10-13)22(28)29-15-6-4-14(5-7-15)25-20(26)18-11-1-2-12(9-11)19(18)21(25)27/h3-8,10-12,18-19H,1-2,9H2/t11-,12-,18-,19+/m0/s1. The van der Waals surface area contributed by atoms with Crippen molar-refractivity contribution in [2.75, 3.05) is 4.90 Å². The summed E-state index contributed by atoms with van der Waals surface area (Å²) in [5.74, 6) is -0.138. The zero-order valence-corrected chi connectivity index (χ0v) is 16.8. The molecule has 7 heteroatoms. The number of esters is 1. The first-order valence-electron chi connectivity index (χ1n) is 9.59. The summed E-state index contributed by atoms with van der Waals surface area (Å²) in [5, 5.41) is 0.627. The van der Waals surface area contributed by atoms with Crippen molar-refractivity contribution in [1.29, 1.82) is 0 Å². The van der Waals surface area contributed by atoms with Crippen molar-refractivity contribution < 1.29 is 19.1 Å². The third kappa shape index (κ3) is 2.95. The van der Waals surface area contributed by atoms with Crippen LogP contribution in [0.5, 0.6) is 5.75 Å². The summed E-state index contributed by atoms with van der Waals surface area (Å²) in [4.78, 5) is 39.4. The highest BCUT2D eigenvalue weighted by Gasteiger charge is 2.61. The van der Waals surface area contributed by atoms with Gasteiger partial charge < -0.3 is 4.74 Å². The van der Waals surface area contributed by atoms with Crippen LogP contribution >= 0.6 is 23.2 Å². The fourth-order valence-corrected chi connectivity index (χ4v) is 5.63. The highest BCUT2D eigenvalue weighted by atomic mass is 35.5. The van der Waals surface area contributed by atoms with Crippen molar-refractivity contribution in [1.82, 2.24) is 0 Å². The third-order valence-corrected chi connectivity index (χ3v) is 6.93. The Morgan fingerprint density at radius 1 is 0.931 bits per heavy atom. The van der Waals surface area contributed by atoms with Crippen molar-refractivity contribution in [2.45, 2.75) is 19.3 Å². The van der Waals surface area contributed by atoms with Crippen LogP contribution in [0.2, 0.25) is 10.0 Å². The topological polar surface area (TPSA) is 63.7 Å². The van der Waals surface area contributed by atoms with E-state index in [0.29, 0.717) is 28.3 Å². The number of carbonyl (C=O) groups excluding carboxylic acids is 3. The molecule has 0 radical (unpaired) electrons. The Balaban J connectivity index is 1.34. The van der Waals surface area contributed by atoms with Gasteiger partial charge >= 0.3 is 5.97 Å². The number of fused-ring (bicyclic) bond motifs is 5. The predicted molar refractivity (Wildman–Crippen MR) is 108 cm³/mol. The van der Waals surface area contributed by atoms with Gasteiger partial charge in [-0.15, -0.1) is 0 Å². The summed E-state index contributed by atoms with van der Waals surface area (Å²) in [5.41, 5.74) is 0.714. The minimum Gasteiger partial charge on any atom is -0.423 e. The second-order valence-electron chi connectivity index (χ2n) is 7.90. The van der Waals surface area contributed by atoms with Crippen molar-refractivity contribution in [3.63, 3.8) is 0 Å². The quantitative estimate of drug-likeness (QED) is 0.401. The molecule has 0 spiro atoms. The van der Waals surface area contributed by atoms with Gasteiger partial charge in [0.1, 0.15) is 5.75 Å². The molecule has 2 amide bonds. The first-order valence-corrected chi connectivity index (χ1v) is 10.3. The second-order valence-corrected chi connectivity index (χ2v) is 8.75. The molecule has 1 saturated heterocycles. The van der Waals surface area contributed by atoms with Gasteiger partial charge in [0.15, 0.2) is 0 Å². The van der Waals surface area contributed by atoms with E-state index in [-0.39, 0.29) is 34.2 Å². The number of ether oxygens (including phenoxy) is 1. The number of hydrogen-bond acceptors (Lipinski definition) is 4. The summed E-state index contributed by atoms with van der Waals surface area (Å²) in [6, 6.07) is 10.9. The van der Waals surface area contributed by atoms with Crippen molar-refractivity contribution in [3.8, 4) is 5.75 Å². The molecular weight excluding hydrogens is 413 g/mol. The zero-order valence-electron chi connectivity index (χ0n) is 15.3. The predicted octanol–water partition coefficient (Wildman–Crippen LogP) is 4.75. The largest absolute Gasteiger partial charge is 0.423 e. The lowest BCUT2D eigenvalue weighted by Crippen LogP contribution is -2.32. The lowest BCUT2D eigenvalue weighted by molar-refractivity contribution is -0.123. The number of halogens is 2. The number of imide groups is 1. The highest BCUT2D eigenvalue weighted by molar-refractivity contribution is 6.36. The number of rotatable bonds is 3. The molecule has 29 heavy (non-hydrogen) atoms. The van der Waals surface area contributed by atoms with E-state index in [1.807, 2.05) is 0 Å². The first-order chi connectivity index (χ1) is 13.9. The van der Waals surface area contributed by atoms with Crippen molar-refractivity contribution >= 4 is 46.7 Å². The van der Waals surface area contributed by atoms with Crippen LogP contribution in [0.4, 0.5) is 5.69 Å². The van der Waals surface area contributed by atoms with Gasteiger partial charge in [-0.1, -0.05) is 23.2 Å². The number of hydrogen-bond donors (Lipinski definition) is 0. The van der Waals surface area contributed by atoms with E-state index >= 15 is 0 Å². The van der Waals surface area contributed by atoms with Crippen LogP contribution in [-0.2, 0) is 9.59 Å². The Bertz CT molecular complexity index is 1010. The number of amides is 2. The van der Waals surface area contributed by atoms with Crippen LogP contribution in [0, 0.1) is 23.7 Å². The van der Waals surface area contributed by atoms with Crippen LogP contribution in [0.15, 0.2) is 42.5 Å². The van der Waals surface area contributed by atoms with Gasteiger partial charge in [0.2, 0.25) is 11.8 Å². The Morgan fingerprint density at radius 2 is 1.55 bits per heavy atom. The van der Waals surface area contributed by atoms with Gasteiger partial charge in [0.05, 0.1) is 28.1 Å². The molecule has 0 unspecified atom stereocenters. The van der Waals surface area contributed by atoms with E-state index in [2.05, 4.69) is 0 Å². The molecule has 0 aromatic heterocycles. The van der Waals surface area contributed by atoms with E-state index in [4.69, 9.17) is 27.9 Å². The molecule has 2 aliphatic carbocycles. The summed E-state index contributed by atoms with van der Waals surface area (Å²) in [6.45, 7) is 0. The van der Waals surface area contributed by atoms with Crippen LogP contribution in [-0.4, -0.2) is 17.8 Å². The number of anilines is 1. The normalized spacial score (nSPS) is 27.4. The molecule has 4 atom stereocenters. The molecule has 2 saturated carbocycles. The van der Waals surface area contributed by atoms with Gasteiger partial charge in [-0.2, -0.15) is 0 Å². The summed E-state index contributed by atoms with van der Waals surface area (Å²) < 4.78 is 5.36. The average molecular weight is 430 g/mol. The summed E-state index contributed by atoms with van der Waals surface area (Å²) >= 11 is 11.9. The number of carbonyl (C=O) groups is 3. The molecule has 5 nitrogen and oxygen atoms in total. The smallest absolute Gasteiger partial charge is 0.345 e. The SMILES string of the molecule is O=C(Oc1ccc(N2C(=O)[C@@H]3[C@H]4CC[C@@H](C4)[C@@H]3C2=O)cc1)c1ccc(Cl)cc1Cl. The molecule has 1 aliphatic heterocycles. The fourth-order valence-electron chi connectivity index (χ4n) is 5.14. The van der Waals surface area contributed by atoms with E-state index in [1.165, 1.54) is 17.0 Å². The molecule has 2 aromatic carbocycles. The zero-order chi connectivity index (χ0) is 20.3. The van der Waals surface area contributed by atoms with Crippen molar-refractivity contribution in [3.05, 3.63) is 58.1 Å². The Hall–Kier alpha value is -2.37. The number of benzene rings is 2.